The minimum absolute atomic E-state index is 0. The Kier molecular flexibility index (Phi) is 6.07. The van der Waals surface area contributed by atoms with Crippen LogP contribution < -0.4 is 51.4 Å². The maximum atomic E-state index is 10.6. The third kappa shape index (κ3) is 3.51. The van der Waals surface area contributed by atoms with Gasteiger partial charge in [0.05, 0.1) is 11.8 Å². The zero-order valence-corrected chi connectivity index (χ0v) is 10.6. The largest absolute Gasteiger partial charge is 1.00 e. The van der Waals surface area contributed by atoms with Crippen molar-refractivity contribution in [3.05, 3.63) is 12.2 Å². The van der Waals surface area contributed by atoms with Crippen LogP contribution in [0, 0.1) is 11.8 Å². The van der Waals surface area contributed by atoms with E-state index in [1.807, 2.05) is 0 Å². The number of hydrogen-bond acceptors (Lipinski definition) is 2. The number of carbonyl (C=O) groups is 2. The fraction of sp³-hybridized carbons (Fsp3) is 0.500. The average Bonchev–Trinajstić information content (AvgIpc) is 2.04. The van der Waals surface area contributed by atoms with Gasteiger partial charge in [0.25, 0.3) is 0 Å². The molecule has 0 aliphatic heterocycles. The van der Waals surface area contributed by atoms with Gasteiger partial charge in [-0.25, -0.2) is 0 Å². The summed E-state index contributed by atoms with van der Waals surface area (Å²) in [4.78, 5) is 21.1. The summed E-state index contributed by atoms with van der Waals surface area (Å²) in [5, 5.41) is 17.3. The van der Waals surface area contributed by atoms with Gasteiger partial charge in [-0.2, -0.15) is 0 Å². The summed E-state index contributed by atoms with van der Waals surface area (Å²) in [6, 6.07) is 0. The first kappa shape index (κ1) is 13.3. The number of rotatable bonds is 2. The van der Waals surface area contributed by atoms with Gasteiger partial charge in [0.15, 0.2) is 0 Å². The molecule has 2 atom stereocenters. The van der Waals surface area contributed by atoms with E-state index >= 15 is 0 Å². The van der Waals surface area contributed by atoms with Gasteiger partial charge < -0.3 is 11.6 Å². The third-order valence-corrected chi connectivity index (χ3v) is 2.02. The molecule has 0 saturated heterocycles. The molecule has 0 fully saturated rings. The molecule has 13 heavy (non-hydrogen) atoms. The maximum Gasteiger partial charge on any atom is 1.00 e. The number of carboxylic acids is 2. The molecule has 0 spiro atoms. The Morgan fingerprint density at radius 2 is 1.92 bits per heavy atom. The van der Waals surface area contributed by atoms with Gasteiger partial charge in [0.1, 0.15) is 0 Å². The molecule has 1 rings (SSSR count). The molecule has 0 radical (unpaired) electrons. The van der Waals surface area contributed by atoms with E-state index in [9.17, 15) is 9.59 Å². The molecule has 2 unspecified atom stereocenters. The van der Waals surface area contributed by atoms with E-state index in [4.69, 9.17) is 10.2 Å². The molecule has 1 aliphatic rings. The summed E-state index contributed by atoms with van der Waals surface area (Å²) in [6.45, 7) is 0. The van der Waals surface area contributed by atoms with E-state index in [1.54, 1.807) is 6.08 Å². The molecule has 2 N–H and O–H groups in total. The summed E-state index contributed by atoms with van der Waals surface area (Å²) in [6.07, 6.45) is 4.26. The van der Waals surface area contributed by atoms with E-state index in [-0.39, 0.29) is 52.8 Å². The number of carboxylic acid groups (broad SMARTS) is 2. The monoisotopic (exact) mass is 210 g/mol. The van der Waals surface area contributed by atoms with Crippen molar-refractivity contribution in [1.29, 1.82) is 0 Å². The number of aliphatic carboxylic acids is 2. The Morgan fingerprint density at radius 3 is 2.31 bits per heavy atom. The van der Waals surface area contributed by atoms with E-state index in [1.165, 1.54) is 6.08 Å². The summed E-state index contributed by atoms with van der Waals surface area (Å²) in [7, 11) is 0. The molecule has 0 amide bonds. The molecule has 5 heteroatoms. The van der Waals surface area contributed by atoms with Crippen LogP contribution in [-0.4, -0.2) is 22.2 Å². The van der Waals surface area contributed by atoms with Crippen LogP contribution in [0.25, 0.3) is 0 Å². The first-order valence-electron chi connectivity index (χ1n) is 3.75. The van der Waals surface area contributed by atoms with Crippen molar-refractivity contribution in [3.63, 3.8) is 0 Å². The summed E-state index contributed by atoms with van der Waals surface area (Å²) < 4.78 is 0. The van der Waals surface area contributed by atoms with Crippen LogP contribution in [0.5, 0.6) is 0 Å². The number of allylic oxidation sites excluding steroid dienone is 1. The molecule has 0 bridgehead atoms. The molecule has 0 aromatic carbocycles. The Bertz CT molecular complexity index is 241. The fourth-order valence-electron chi connectivity index (χ4n) is 1.36. The molecular formula is C8H11KO4. The second kappa shape index (κ2) is 5.92. The average molecular weight is 210 g/mol. The smallest absolute Gasteiger partial charge is 1.00 e. The molecule has 0 saturated carbocycles. The molecule has 1 aliphatic carbocycles. The van der Waals surface area contributed by atoms with Crippen molar-refractivity contribution in [2.75, 3.05) is 0 Å². The minimum Gasteiger partial charge on any atom is -1.00 e. The van der Waals surface area contributed by atoms with E-state index in [0.29, 0.717) is 12.8 Å². The van der Waals surface area contributed by atoms with Gasteiger partial charge in [-0.3, -0.25) is 9.59 Å². The van der Waals surface area contributed by atoms with Crippen LogP contribution >= 0.6 is 0 Å². The SMILES string of the molecule is O=C(O)C1C=CCCC1C(=O)O.[H-].[K+]. The van der Waals surface area contributed by atoms with Crippen LogP contribution in [0.1, 0.15) is 14.3 Å². The van der Waals surface area contributed by atoms with Crippen molar-refractivity contribution in [1.82, 2.24) is 0 Å². The van der Waals surface area contributed by atoms with Gasteiger partial charge in [-0.05, 0) is 12.8 Å². The minimum atomic E-state index is -1.06. The van der Waals surface area contributed by atoms with Gasteiger partial charge in [0, 0.05) is 0 Å². The zero-order valence-electron chi connectivity index (χ0n) is 8.43. The van der Waals surface area contributed by atoms with Crippen molar-refractivity contribution in [2.45, 2.75) is 12.8 Å². The van der Waals surface area contributed by atoms with Crippen LogP contribution in [-0.2, 0) is 9.59 Å². The van der Waals surface area contributed by atoms with Crippen LogP contribution in [0.2, 0.25) is 0 Å². The Labute approximate surface area is 120 Å². The van der Waals surface area contributed by atoms with Crippen LogP contribution in [0.3, 0.4) is 0 Å². The van der Waals surface area contributed by atoms with Crippen molar-refractivity contribution in [2.24, 2.45) is 11.8 Å². The van der Waals surface area contributed by atoms with E-state index in [0.717, 1.165) is 0 Å². The van der Waals surface area contributed by atoms with Gasteiger partial charge in [0.2, 0.25) is 0 Å². The predicted molar refractivity (Wildman–Crippen MR) is 41.7 cm³/mol. The second-order valence-corrected chi connectivity index (χ2v) is 2.81. The van der Waals surface area contributed by atoms with Gasteiger partial charge >= 0.3 is 63.3 Å². The Balaban J connectivity index is 0. The van der Waals surface area contributed by atoms with Crippen molar-refractivity contribution in [3.8, 4) is 0 Å². The first-order valence-corrected chi connectivity index (χ1v) is 3.75. The molecule has 0 heterocycles. The fourth-order valence-corrected chi connectivity index (χ4v) is 1.36. The maximum absolute atomic E-state index is 10.6. The molecular weight excluding hydrogens is 199 g/mol. The van der Waals surface area contributed by atoms with Crippen molar-refractivity contribution < 1.29 is 72.6 Å². The summed E-state index contributed by atoms with van der Waals surface area (Å²) >= 11 is 0. The van der Waals surface area contributed by atoms with E-state index < -0.39 is 23.8 Å². The molecule has 0 aromatic heterocycles. The number of hydrogen-bond donors (Lipinski definition) is 2. The quantitative estimate of drug-likeness (QED) is 0.403. The van der Waals surface area contributed by atoms with Crippen LogP contribution in [0.15, 0.2) is 12.2 Å². The van der Waals surface area contributed by atoms with Gasteiger partial charge in [-0.15, -0.1) is 0 Å². The van der Waals surface area contributed by atoms with Crippen LogP contribution in [0.4, 0.5) is 0 Å². The normalized spacial score (nSPS) is 26.2. The predicted octanol–water partition coefficient (Wildman–Crippen LogP) is -2.15. The molecule has 68 valence electrons. The Morgan fingerprint density at radius 1 is 1.31 bits per heavy atom. The topological polar surface area (TPSA) is 74.6 Å². The summed E-state index contributed by atoms with van der Waals surface area (Å²) in [5.74, 6) is -3.69. The van der Waals surface area contributed by atoms with Gasteiger partial charge in [-0.1, -0.05) is 12.2 Å². The standard InChI is InChI=1S/C8H10O4.K.H/c9-7(10)5-3-1-2-4-6(5)8(11)12;;/h1,3,5-6H,2,4H2,(H,9,10)(H,11,12);;/q;+1;-1. The summed E-state index contributed by atoms with van der Waals surface area (Å²) in [5.41, 5.74) is 0. The molecule has 0 aromatic rings. The zero-order chi connectivity index (χ0) is 9.14. The van der Waals surface area contributed by atoms with E-state index in [2.05, 4.69) is 0 Å². The molecule has 4 nitrogen and oxygen atoms in total. The second-order valence-electron chi connectivity index (χ2n) is 2.81. The Hall–Kier alpha value is 0.316. The first-order chi connectivity index (χ1) is 5.63. The van der Waals surface area contributed by atoms with Crippen molar-refractivity contribution >= 4 is 11.9 Å². The third-order valence-electron chi connectivity index (χ3n) is 2.02.